The second-order valence-electron chi connectivity index (χ2n) is 5.96. The number of amides is 1. The number of hydrogen-bond donors (Lipinski definition) is 1. The summed E-state index contributed by atoms with van der Waals surface area (Å²) < 4.78 is 28.3. The Kier molecular flexibility index (Phi) is 6.29. The molecular weight excluding hydrogens is 368 g/mol. The predicted molar refractivity (Wildman–Crippen MR) is 95.2 cm³/mol. The number of carbonyl (C=O) groups is 2. The molecule has 1 aromatic rings. The molecule has 0 aromatic heterocycles. The third-order valence-corrected chi connectivity index (χ3v) is 6.09. The first kappa shape index (κ1) is 19.5. The molecule has 0 aliphatic carbocycles. The van der Waals surface area contributed by atoms with E-state index in [9.17, 15) is 18.0 Å². The normalized spacial score (nSPS) is 18.7. The number of halogens is 1. The summed E-state index contributed by atoms with van der Waals surface area (Å²) >= 11 is 5.80. The number of hydrogen-bond acceptors (Lipinski definition) is 6. The van der Waals surface area contributed by atoms with Gasteiger partial charge in [0.15, 0.2) is 16.4 Å². The average molecular weight is 389 g/mol. The van der Waals surface area contributed by atoms with E-state index in [2.05, 4.69) is 0 Å². The smallest absolute Gasteiger partial charge is 0.338 e. The third-order valence-electron chi connectivity index (χ3n) is 3.99. The fourth-order valence-electron chi connectivity index (χ4n) is 2.74. The topological polar surface area (TPSA) is 107 Å². The van der Waals surface area contributed by atoms with Crippen molar-refractivity contribution in [2.45, 2.75) is 25.8 Å². The van der Waals surface area contributed by atoms with Gasteiger partial charge >= 0.3 is 5.97 Å². The fraction of sp³-hybridized carbons (Fsp3) is 0.500. The van der Waals surface area contributed by atoms with E-state index in [-0.39, 0.29) is 28.8 Å². The number of esters is 1. The second kappa shape index (κ2) is 8.05. The van der Waals surface area contributed by atoms with Crippen molar-refractivity contribution >= 4 is 39.0 Å². The minimum absolute atomic E-state index is 0.0413. The summed E-state index contributed by atoms with van der Waals surface area (Å²) in [5, 5.41) is 0.323. The lowest BCUT2D eigenvalue weighted by molar-refractivity contribution is -0.136. The van der Waals surface area contributed by atoms with E-state index < -0.39 is 28.3 Å². The zero-order chi connectivity index (χ0) is 18.6. The van der Waals surface area contributed by atoms with Gasteiger partial charge in [-0.3, -0.25) is 4.79 Å². The van der Waals surface area contributed by atoms with Crippen LogP contribution in [0.1, 0.15) is 30.1 Å². The number of ether oxygens (including phenoxy) is 1. The van der Waals surface area contributed by atoms with Crippen molar-refractivity contribution in [3.63, 3.8) is 0 Å². The Morgan fingerprint density at radius 2 is 2.12 bits per heavy atom. The first-order valence-corrected chi connectivity index (χ1v) is 10.2. The summed E-state index contributed by atoms with van der Waals surface area (Å²) in [5.74, 6) is -1.05. The summed E-state index contributed by atoms with van der Waals surface area (Å²) in [6, 6.07) is 3.95. The molecule has 1 saturated heterocycles. The van der Waals surface area contributed by atoms with Gasteiger partial charge in [-0.1, -0.05) is 18.5 Å². The molecule has 2 N–H and O–H groups in total. The number of nitrogens with zero attached hydrogens (tertiary/aromatic N) is 1. The van der Waals surface area contributed by atoms with Gasteiger partial charge in [0.2, 0.25) is 0 Å². The van der Waals surface area contributed by atoms with Crippen molar-refractivity contribution in [3.8, 4) is 0 Å². The van der Waals surface area contributed by atoms with E-state index in [0.29, 0.717) is 24.4 Å². The van der Waals surface area contributed by atoms with E-state index >= 15 is 0 Å². The van der Waals surface area contributed by atoms with Crippen LogP contribution in [0.15, 0.2) is 18.2 Å². The highest BCUT2D eigenvalue weighted by Crippen LogP contribution is 2.21. The van der Waals surface area contributed by atoms with Crippen molar-refractivity contribution in [3.05, 3.63) is 28.8 Å². The average Bonchev–Trinajstić information content (AvgIpc) is 2.92. The van der Waals surface area contributed by atoms with Crippen LogP contribution >= 0.6 is 11.6 Å². The van der Waals surface area contributed by atoms with E-state index in [4.69, 9.17) is 22.1 Å². The first-order chi connectivity index (χ1) is 11.7. The molecule has 0 spiro atoms. The van der Waals surface area contributed by atoms with Gasteiger partial charge in [-0.25, -0.2) is 13.2 Å². The quantitative estimate of drug-likeness (QED) is 0.584. The SMILES string of the molecule is CCCN(C(=O)COC(=O)c1ccc(Cl)c(N)c1)[C@@H]1CCS(=O)(=O)C1. The molecule has 2 rings (SSSR count). The number of rotatable bonds is 6. The highest BCUT2D eigenvalue weighted by atomic mass is 35.5. The third kappa shape index (κ3) is 5.09. The fourth-order valence-corrected chi connectivity index (χ4v) is 4.59. The first-order valence-electron chi connectivity index (χ1n) is 7.95. The molecule has 1 fully saturated rings. The Morgan fingerprint density at radius 3 is 2.68 bits per heavy atom. The maximum atomic E-state index is 12.4. The Labute approximate surface area is 152 Å². The summed E-state index contributed by atoms with van der Waals surface area (Å²) in [6.07, 6.45) is 1.10. The van der Waals surface area contributed by atoms with Gasteiger partial charge in [0.05, 0.1) is 27.8 Å². The molecule has 9 heteroatoms. The van der Waals surface area contributed by atoms with Crippen LogP contribution in [0.25, 0.3) is 0 Å². The largest absolute Gasteiger partial charge is 0.452 e. The Morgan fingerprint density at radius 1 is 1.40 bits per heavy atom. The molecule has 1 atom stereocenters. The van der Waals surface area contributed by atoms with Crippen LogP contribution in [0.3, 0.4) is 0 Å². The molecule has 0 radical (unpaired) electrons. The summed E-state index contributed by atoms with van der Waals surface area (Å²) in [7, 11) is -3.10. The second-order valence-corrected chi connectivity index (χ2v) is 8.59. The number of nitrogens with two attached hydrogens (primary N) is 1. The molecule has 25 heavy (non-hydrogen) atoms. The van der Waals surface area contributed by atoms with Crippen molar-refractivity contribution in [2.24, 2.45) is 0 Å². The Hall–Kier alpha value is -1.80. The van der Waals surface area contributed by atoms with E-state index in [1.54, 1.807) is 0 Å². The van der Waals surface area contributed by atoms with Crippen molar-refractivity contribution in [1.29, 1.82) is 0 Å². The van der Waals surface area contributed by atoms with Gasteiger partial charge in [0.1, 0.15) is 0 Å². The number of sulfone groups is 1. The van der Waals surface area contributed by atoms with Crippen LogP contribution in [0.2, 0.25) is 5.02 Å². The van der Waals surface area contributed by atoms with Gasteiger partial charge in [0, 0.05) is 12.6 Å². The molecule has 1 aliphatic heterocycles. The minimum atomic E-state index is -3.10. The van der Waals surface area contributed by atoms with Gasteiger partial charge in [-0.05, 0) is 31.0 Å². The summed E-state index contributed by atoms with van der Waals surface area (Å²) in [4.78, 5) is 25.9. The van der Waals surface area contributed by atoms with Crippen LogP contribution in [0.4, 0.5) is 5.69 Å². The van der Waals surface area contributed by atoms with Crippen LogP contribution in [0.5, 0.6) is 0 Å². The van der Waals surface area contributed by atoms with E-state index in [1.807, 2.05) is 6.92 Å². The zero-order valence-electron chi connectivity index (χ0n) is 13.9. The lowest BCUT2D eigenvalue weighted by atomic mass is 10.2. The number of nitrogen functional groups attached to an aromatic ring is 1. The standard InChI is InChI=1S/C16H21ClN2O5S/c1-2-6-19(12-5-7-25(22,23)10-12)15(20)9-24-16(21)11-3-4-13(17)14(18)8-11/h3-4,8,12H,2,5-7,9-10,18H2,1H3/t12-/m1/s1. The van der Waals surface area contributed by atoms with Crippen LogP contribution in [-0.2, 0) is 19.4 Å². The highest BCUT2D eigenvalue weighted by molar-refractivity contribution is 7.91. The molecule has 1 aliphatic rings. The van der Waals surface area contributed by atoms with Gasteiger partial charge in [-0.2, -0.15) is 0 Å². The Bertz CT molecular complexity index is 766. The van der Waals surface area contributed by atoms with Crippen molar-refractivity contribution in [1.82, 2.24) is 4.90 Å². The van der Waals surface area contributed by atoms with Crippen LogP contribution < -0.4 is 5.73 Å². The molecular formula is C16H21ClN2O5S. The number of anilines is 1. The van der Waals surface area contributed by atoms with Crippen molar-refractivity contribution < 1.29 is 22.7 Å². The molecule has 7 nitrogen and oxygen atoms in total. The van der Waals surface area contributed by atoms with Gasteiger partial charge in [-0.15, -0.1) is 0 Å². The maximum Gasteiger partial charge on any atom is 0.338 e. The molecule has 1 aromatic carbocycles. The van der Waals surface area contributed by atoms with Gasteiger partial charge < -0.3 is 15.4 Å². The van der Waals surface area contributed by atoms with E-state index in [0.717, 1.165) is 0 Å². The predicted octanol–water partition coefficient (Wildman–Crippen LogP) is 1.50. The summed E-state index contributed by atoms with van der Waals surface area (Å²) in [6.45, 7) is 1.87. The molecule has 0 saturated carbocycles. The molecule has 138 valence electrons. The molecule has 0 unspecified atom stereocenters. The lowest BCUT2D eigenvalue weighted by Gasteiger charge is -2.27. The molecule has 1 amide bonds. The highest BCUT2D eigenvalue weighted by Gasteiger charge is 2.34. The van der Waals surface area contributed by atoms with Crippen molar-refractivity contribution in [2.75, 3.05) is 30.4 Å². The number of benzene rings is 1. The molecule has 0 bridgehead atoms. The summed E-state index contributed by atoms with van der Waals surface area (Å²) in [5.41, 5.74) is 6.08. The van der Waals surface area contributed by atoms with Crippen LogP contribution in [0, 0.1) is 0 Å². The maximum absolute atomic E-state index is 12.4. The minimum Gasteiger partial charge on any atom is -0.452 e. The molecule has 1 heterocycles. The monoisotopic (exact) mass is 388 g/mol. The number of carbonyl (C=O) groups excluding carboxylic acids is 2. The lowest BCUT2D eigenvalue weighted by Crippen LogP contribution is -2.43. The van der Waals surface area contributed by atoms with Crippen LogP contribution in [-0.4, -0.2) is 55.9 Å². The van der Waals surface area contributed by atoms with E-state index in [1.165, 1.54) is 23.1 Å². The Balaban J connectivity index is 1.98. The van der Waals surface area contributed by atoms with Gasteiger partial charge in [0.25, 0.3) is 5.91 Å². The zero-order valence-corrected chi connectivity index (χ0v) is 15.5.